The summed E-state index contributed by atoms with van der Waals surface area (Å²) in [6.45, 7) is 9.73. The highest BCUT2D eigenvalue weighted by Crippen LogP contribution is 2.32. The Hall–Kier alpha value is -0.770. The summed E-state index contributed by atoms with van der Waals surface area (Å²) in [6.07, 6.45) is 1.55. The molecule has 1 amide bonds. The molecule has 1 heterocycles. The molecule has 4 nitrogen and oxygen atoms in total. The van der Waals surface area contributed by atoms with Gasteiger partial charge in [0.15, 0.2) is 0 Å². The molecule has 17 heavy (non-hydrogen) atoms. The van der Waals surface area contributed by atoms with Gasteiger partial charge in [0.25, 0.3) is 0 Å². The van der Waals surface area contributed by atoms with E-state index in [0.29, 0.717) is 5.92 Å². The number of carbonyl (C=O) groups is 1. The van der Waals surface area contributed by atoms with Gasteiger partial charge in [0, 0.05) is 6.04 Å². The van der Waals surface area contributed by atoms with Crippen molar-refractivity contribution in [2.45, 2.75) is 65.1 Å². The van der Waals surface area contributed by atoms with Gasteiger partial charge in [-0.1, -0.05) is 13.8 Å². The monoisotopic (exact) mass is 243 g/mol. The maximum absolute atomic E-state index is 12.1. The summed E-state index contributed by atoms with van der Waals surface area (Å²) in [7, 11) is 0. The second kappa shape index (κ2) is 5.25. The first kappa shape index (κ1) is 14.3. The lowest BCUT2D eigenvalue weighted by atomic mass is 10.0. The SMILES string of the molecule is CCC1CC(C)C(CO)N1C(=O)OC(C)(C)C. The number of aliphatic hydroxyl groups is 1. The highest BCUT2D eigenvalue weighted by Gasteiger charge is 2.42. The van der Waals surface area contributed by atoms with Crippen LogP contribution >= 0.6 is 0 Å². The van der Waals surface area contributed by atoms with Crippen molar-refractivity contribution in [2.75, 3.05) is 6.61 Å². The van der Waals surface area contributed by atoms with Crippen LogP contribution in [0.4, 0.5) is 4.79 Å². The molecule has 0 spiro atoms. The van der Waals surface area contributed by atoms with E-state index in [1.54, 1.807) is 4.90 Å². The molecule has 1 aliphatic rings. The number of carbonyl (C=O) groups excluding carboxylic acids is 1. The van der Waals surface area contributed by atoms with Gasteiger partial charge < -0.3 is 9.84 Å². The molecule has 0 aliphatic carbocycles. The minimum atomic E-state index is -0.485. The molecule has 0 aromatic heterocycles. The lowest BCUT2D eigenvalue weighted by Crippen LogP contribution is -2.46. The molecule has 1 saturated heterocycles. The van der Waals surface area contributed by atoms with Crippen molar-refractivity contribution in [2.24, 2.45) is 5.92 Å². The average Bonchev–Trinajstić information content (AvgIpc) is 2.51. The number of amides is 1. The van der Waals surface area contributed by atoms with E-state index >= 15 is 0 Å². The largest absolute Gasteiger partial charge is 0.444 e. The highest BCUT2D eigenvalue weighted by atomic mass is 16.6. The van der Waals surface area contributed by atoms with Crippen molar-refractivity contribution in [1.82, 2.24) is 4.90 Å². The maximum Gasteiger partial charge on any atom is 0.410 e. The Morgan fingerprint density at radius 3 is 2.47 bits per heavy atom. The van der Waals surface area contributed by atoms with Gasteiger partial charge in [0.05, 0.1) is 12.6 Å². The predicted octanol–water partition coefficient (Wildman–Crippen LogP) is 2.40. The fourth-order valence-electron chi connectivity index (χ4n) is 2.48. The van der Waals surface area contributed by atoms with E-state index in [1.807, 2.05) is 20.8 Å². The Balaban J connectivity index is 2.80. The molecule has 0 radical (unpaired) electrons. The third-order valence-electron chi connectivity index (χ3n) is 3.31. The van der Waals surface area contributed by atoms with Crippen LogP contribution in [0.1, 0.15) is 47.5 Å². The molecule has 1 aliphatic heterocycles. The summed E-state index contributed by atoms with van der Waals surface area (Å²) in [4.78, 5) is 13.9. The number of aliphatic hydroxyl groups excluding tert-OH is 1. The van der Waals surface area contributed by atoms with Gasteiger partial charge in [-0.25, -0.2) is 4.79 Å². The van der Waals surface area contributed by atoms with Gasteiger partial charge in [0.1, 0.15) is 5.60 Å². The Bertz CT molecular complexity index is 272. The minimum Gasteiger partial charge on any atom is -0.444 e. The number of ether oxygens (including phenoxy) is 1. The molecule has 1 fully saturated rings. The lowest BCUT2D eigenvalue weighted by molar-refractivity contribution is 0.00645. The normalized spacial score (nSPS) is 29.5. The summed E-state index contributed by atoms with van der Waals surface area (Å²) < 4.78 is 5.41. The summed E-state index contributed by atoms with van der Waals surface area (Å²) in [5.41, 5.74) is -0.485. The zero-order valence-electron chi connectivity index (χ0n) is 11.6. The number of hydrogen-bond acceptors (Lipinski definition) is 3. The van der Waals surface area contributed by atoms with E-state index in [1.165, 1.54) is 0 Å². The second-order valence-corrected chi connectivity index (χ2v) is 5.91. The molecule has 4 heteroatoms. The molecular weight excluding hydrogens is 218 g/mol. The van der Waals surface area contributed by atoms with Crippen LogP contribution < -0.4 is 0 Å². The van der Waals surface area contributed by atoms with Gasteiger partial charge in [-0.15, -0.1) is 0 Å². The molecule has 1 N–H and O–H groups in total. The number of hydrogen-bond donors (Lipinski definition) is 1. The Morgan fingerprint density at radius 2 is 2.06 bits per heavy atom. The van der Waals surface area contributed by atoms with Gasteiger partial charge in [-0.2, -0.15) is 0 Å². The maximum atomic E-state index is 12.1. The first-order valence-corrected chi connectivity index (χ1v) is 6.42. The summed E-state index contributed by atoms with van der Waals surface area (Å²) in [5.74, 6) is 0.331. The Morgan fingerprint density at radius 1 is 1.47 bits per heavy atom. The Kier molecular flexibility index (Phi) is 4.42. The summed E-state index contributed by atoms with van der Waals surface area (Å²) >= 11 is 0. The lowest BCUT2D eigenvalue weighted by Gasteiger charge is -2.32. The van der Waals surface area contributed by atoms with Crippen LogP contribution in [0.2, 0.25) is 0 Å². The number of likely N-dealkylation sites (tertiary alicyclic amines) is 1. The van der Waals surface area contributed by atoms with E-state index in [2.05, 4.69) is 13.8 Å². The number of rotatable bonds is 2. The van der Waals surface area contributed by atoms with E-state index in [0.717, 1.165) is 12.8 Å². The standard InChI is InChI=1S/C13H25NO3/c1-6-10-7-9(2)11(8-15)14(10)12(16)17-13(3,4)5/h9-11,15H,6-8H2,1-5H3. The van der Waals surface area contributed by atoms with Crippen LogP contribution in [0, 0.1) is 5.92 Å². The average molecular weight is 243 g/mol. The second-order valence-electron chi connectivity index (χ2n) is 5.91. The fraction of sp³-hybridized carbons (Fsp3) is 0.923. The van der Waals surface area contributed by atoms with E-state index < -0.39 is 5.60 Å². The third-order valence-corrected chi connectivity index (χ3v) is 3.31. The van der Waals surface area contributed by atoms with Crippen LogP contribution in [0.5, 0.6) is 0 Å². The smallest absolute Gasteiger partial charge is 0.410 e. The molecule has 0 aromatic carbocycles. The van der Waals surface area contributed by atoms with Crippen molar-refractivity contribution in [3.63, 3.8) is 0 Å². The van der Waals surface area contributed by atoms with E-state index in [4.69, 9.17) is 4.74 Å². The van der Waals surface area contributed by atoms with Gasteiger partial charge in [0.2, 0.25) is 0 Å². The molecular formula is C13H25NO3. The quantitative estimate of drug-likeness (QED) is 0.810. The van der Waals surface area contributed by atoms with Gasteiger partial charge in [-0.3, -0.25) is 4.90 Å². The highest BCUT2D eigenvalue weighted by molar-refractivity contribution is 5.69. The van der Waals surface area contributed by atoms with Gasteiger partial charge >= 0.3 is 6.09 Å². The molecule has 1 rings (SSSR count). The van der Waals surface area contributed by atoms with Crippen LogP contribution in [-0.4, -0.2) is 40.4 Å². The van der Waals surface area contributed by atoms with Gasteiger partial charge in [-0.05, 0) is 39.5 Å². The molecule has 3 unspecified atom stereocenters. The molecule has 0 saturated carbocycles. The van der Waals surface area contributed by atoms with Crippen LogP contribution in [-0.2, 0) is 4.74 Å². The Labute approximate surface area is 104 Å². The van der Waals surface area contributed by atoms with E-state index in [-0.39, 0.29) is 24.8 Å². The zero-order chi connectivity index (χ0) is 13.2. The van der Waals surface area contributed by atoms with Crippen LogP contribution in [0.15, 0.2) is 0 Å². The molecule has 0 bridgehead atoms. The first-order chi connectivity index (χ1) is 7.80. The fourth-order valence-corrected chi connectivity index (χ4v) is 2.48. The third kappa shape index (κ3) is 3.35. The van der Waals surface area contributed by atoms with Crippen LogP contribution in [0.3, 0.4) is 0 Å². The summed E-state index contributed by atoms with van der Waals surface area (Å²) in [6, 6.07) is 0.0896. The molecule has 100 valence electrons. The van der Waals surface area contributed by atoms with Crippen LogP contribution in [0.25, 0.3) is 0 Å². The van der Waals surface area contributed by atoms with Crippen molar-refractivity contribution < 1.29 is 14.6 Å². The van der Waals surface area contributed by atoms with Crippen molar-refractivity contribution in [3.8, 4) is 0 Å². The molecule has 0 aromatic rings. The molecule has 3 atom stereocenters. The predicted molar refractivity (Wildman–Crippen MR) is 66.8 cm³/mol. The van der Waals surface area contributed by atoms with Crippen molar-refractivity contribution in [1.29, 1.82) is 0 Å². The van der Waals surface area contributed by atoms with E-state index in [9.17, 15) is 9.90 Å². The van der Waals surface area contributed by atoms with Crippen molar-refractivity contribution in [3.05, 3.63) is 0 Å². The zero-order valence-corrected chi connectivity index (χ0v) is 11.6. The topological polar surface area (TPSA) is 49.8 Å². The minimum absolute atomic E-state index is 0.0108. The number of nitrogens with zero attached hydrogens (tertiary/aromatic N) is 1. The van der Waals surface area contributed by atoms with Crippen molar-refractivity contribution >= 4 is 6.09 Å². The summed E-state index contributed by atoms with van der Waals surface area (Å²) in [5, 5.41) is 9.42. The first-order valence-electron chi connectivity index (χ1n) is 6.42.